The lowest BCUT2D eigenvalue weighted by Crippen LogP contribution is -2.31. The van der Waals surface area contributed by atoms with Gasteiger partial charge in [0.05, 0.1) is 6.54 Å². The van der Waals surface area contributed by atoms with Gasteiger partial charge in [-0.1, -0.05) is 60.7 Å². The molecular weight excluding hydrogens is 428 g/mol. The second kappa shape index (κ2) is 9.67. The molecule has 4 aromatic rings. The minimum atomic E-state index is -0.582. The number of hydrogen-bond acceptors (Lipinski definition) is 4. The predicted octanol–water partition coefficient (Wildman–Crippen LogP) is 4.59. The molecular formula is C28H24N2O4. The van der Waals surface area contributed by atoms with Gasteiger partial charge in [-0.25, -0.2) is 0 Å². The van der Waals surface area contributed by atoms with E-state index in [9.17, 15) is 9.59 Å². The van der Waals surface area contributed by atoms with Crippen LogP contribution in [0.4, 0.5) is 5.69 Å². The third-order valence-electron chi connectivity index (χ3n) is 5.73. The van der Waals surface area contributed by atoms with Crippen molar-refractivity contribution in [3.05, 3.63) is 102 Å². The Labute approximate surface area is 197 Å². The minimum absolute atomic E-state index is 0.234. The maximum atomic E-state index is 12.6. The van der Waals surface area contributed by atoms with Gasteiger partial charge in [0.25, 0.3) is 11.8 Å². The van der Waals surface area contributed by atoms with Crippen molar-refractivity contribution >= 4 is 28.3 Å². The van der Waals surface area contributed by atoms with E-state index in [-0.39, 0.29) is 11.8 Å². The summed E-state index contributed by atoms with van der Waals surface area (Å²) in [6.07, 6.45) is -0.0556. The van der Waals surface area contributed by atoms with E-state index in [0.29, 0.717) is 30.8 Å². The van der Waals surface area contributed by atoms with Gasteiger partial charge in [0.15, 0.2) is 6.10 Å². The van der Waals surface area contributed by atoms with Crippen molar-refractivity contribution in [2.75, 3.05) is 18.5 Å². The van der Waals surface area contributed by atoms with Crippen LogP contribution in [-0.4, -0.2) is 31.1 Å². The molecule has 5 rings (SSSR count). The number of amides is 2. The molecule has 0 spiro atoms. The first-order valence-corrected chi connectivity index (χ1v) is 11.2. The first kappa shape index (κ1) is 21.5. The maximum Gasteiger partial charge on any atom is 0.265 e. The highest BCUT2D eigenvalue weighted by atomic mass is 16.5. The zero-order valence-corrected chi connectivity index (χ0v) is 18.5. The highest BCUT2D eigenvalue weighted by Gasteiger charge is 2.28. The topological polar surface area (TPSA) is 76.7 Å². The molecule has 34 heavy (non-hydrogen) atoms. The quantitative estimate of drug-likeness (QED) is 0.402. The monoisotopic (exact) mass is 452 g/mol. The first-order chi connectivity index (χ1) is 16.7. The van der Waals surface area contributed by atoms with Gasteiger partial charge < -0.3 is 20.1 Å². The summed E-state index contributed by atoms with van der Waals surface area (Å²) in [5, 5.41) is 7.86. The number of ether oxygens (including phenoxy) is 2. The number of fused-ring (bicyclic) bond motifs is 2. The lowest BCUT2D eigenvalue weighted by atomic mass is 10.1. The summed E-state index contributed by atoms with van der Waals surface area (Å²) in [6.45, 7) is 0.697. The van der Waals surface area contributed by atoms with Gasteiger partial charge in [0.1, 0.15) is 18.1 Å². The van der Waals surface area contributed by atoms with Crippen molar-refractivity contribution in [2.45, 2.75) is 12.5 Å². The van der Waals surface area contributed by atoms with Crippen LogP contribution in [0.1, 0.15) is 15.9 Å². The Morgan fingerprint density at radius 1 is 0.912 bits per heavy atom. The van der Waals surface area contributed by atoms with Crippen molar-refractivity contribution in [3.63, 3.8) is 0 Å². The van der Waals surface area contributed by atoms with Gasteiger partial charge >= 0.3 is 0 Å². The Hall–Kier alpha value is -4.32. The summed E-state index contributed by atoms with van der Waals surface area (Å²) < 4.78 is 11.6. The molecule has 1 aliphatic heterocycles. The van der Waals surface area contributed by atoms with E-state index in [4.69, 9.17) is 9.47 Å². The van der Waals surface area contributed by atoms with Gasteiger partial charge in [0.2, 0.25) is 0 Å². The van der Waals surface area contributed by atoms with Gasteiger partial charge in [-0.05, 0) is 41.3 Å². The molecule has 170 valence electrons. The van der Waals surface area contributed by atoms with Crippen molar-refractivity contribution in [1.29, 1.82) is 0 Å². The smallest absolute Gasteiger partial charge is 0.265 e. The van der Waals surface area contributed by atoms with Gasteiger partial charge in [-0.2, -0.15) is 0 Å². The third-order valence-corrected chi connectivity index (χ3v) is 5.73. The van der Waals surface area contributed by atoms with E-state index in [1.807, 2.05) is 66.7 Å². The van der Waals surface area contributed by atoms with E-state index in [1.54, 1.807) is 24.3 Å². The standard InChI is InChI=1S/C28H24N2O4/c31-27(29-15-16-33-25-14-6-9-19-7-1-3-12-23(19)25)21-10-5-11-22(17-21)30-28(32)26-18-20-8-2-4-13-24(20)34-26/h1-14,17,26H,15-16,18H2,(H,29,31)(H,30,32). The molecule has 1 atom stereocenters. The minimum Gasteiger partial charge on any atom is -0.491 e. The maximum absolute atomic E-state index is 12.6. The molecule has 0 fully saturated rings. The summed E-state index contributed by atoms with van der Waals surface area (Å²) in [7, 11) is 0. The summed E-state index contributed by atoms with van der Waals surface area (Å²) in [4.78, 5) is 25.3. The third kappa shape index (κ3) is 4.71. The summed E-state index contributed by atoms with van der Waals surface area (Å²) in [5.74, 6) is 1.05. The van der Waals surface area contributed by atoms with E-state index in [1.165, 1.54) is 0 Å². The largest absolute Gasteiger partial charge is 0.491 e. The summed E-state index contributed by atoms with van der Waals surface area (Å²) in [5.41, 5.74) is 2.02. The number of anilines is 1. The number of benzene rings is 4. The number of carbonyl (C=O) groups is 2. The van der Waals surface area contributed by atoms with Crippen LogP contribution in [0.5, 0.6) is 11.5 Å². The van der Waals surface area contributed by atoms with E-state index in [0.717, 1.165) is 27.8 Å². The normalized spacial score (nSPS) is 14.2. The van der Waals surface area contributed by atoms with Crippen LogP contribution in [0.2, 0.25) is 0 Å². The molecule has 0 radical (unpaired) electrons. The number of para-hydroxylation sites is 1. The van der Waals surface area contributed by atoms with Crippen molar-refractivity contribution in [1.82, 2.24) is 5.32 Å². The van der Waals surface area contributed by atoms with Crippen molar-refractivity contribution in [2.24, 2.45) is 0 Å². The molecule has 6 nitrogen and oxygen atoms in total. The van der Waals surface area contributed by atoms with Crippen LogP contribution in [0.15, 0.2) is 91.0 Å². The highest BCUT2D eigenvalue weighted by molar-refractivity contribution is 5.98. The average Bonchev–Trinajstić information content (AvgIpc) is 3.31. The van der Waals surface area contributed by atoms with Crippen LogP contribution in [-0.2, 0) is 11.2 Å². The lowest BCUT2D eigenvalue weighted by molar-refractivity contribution is -0.122. The molecule has 0 aliphatic carbocycles. The lowest BCUT2D eigenvalue weighted by Gasteiger charge is -2.13. The molecule has 0 bridgehead atoms. The second-order valence-electron chi connectivity index (χ2n) is 8.07. The molecule has 2 amide bonds. The molecule has 1 unspecified atom stereocenters. The second-order valence-corrected chi connectivity index (χ2v) is 8.07. The zero-order valence-electron chi connectivity index (χ0n) is 18.5. The zero-order chi connectivity index (χ0) is 23.3. The number of carbonyl (C=O) groups excluding carboxylic acids is 2. The highest BCUT2D eigenvalue weighted by Crippen LogP contribution is 2.29. The molecule has 2 N–H and O–H groups in total. The van der Waals surface area contributed by atoms with Crippen molar-refractivity contribution in [3.8, 4) is 11.5 Å². The number of hydrogen-bond donors (Lipinski definition) is 2. The molecule has 1 aliphatic rings. The Balaban J connectivity index is 1.14. The summed E-state index contributed by atoms with van der Waals surface area (Å²) >= 11 is 0. The van der Waals surface area contributed by atoms with Crippen LogP contribution in [0.25, 0.3) is 10.8 Å². The van der Waals surface area contributed by atoms with Crippen LogP contribution < -0.4 is 20.1 Å². The van der Waals surface area contributed by atoms with Gasteiger partial charge in [-0.15, -0.1) is 0 Å². The fraction of sp³-hybridized carbons (Fsp3) is 0.143. The molecule has 0 aromatic heterocycles. The fourth-order valence-electron chi connectivity index (χ4n) is 4.04. The average molecular weight is 453 g/mol. The molecule has 6 heteroatoms. The fourth-order valence-corrected chi connectivity index (χ4v) is 4.04. The van der Waals surface area contributed by atoms with Gasteiger partial charge in [0, 0.05) is 23.1 Å². The van der Waals surface area contributed by atoms with Crippen LogP contribution in [0, 0.1) is 0 Å². The van der Waals surface area contributed by atoms with Crippen molar-refractivity contribution < 1.29 is 19.1 Å². The van der Waals surface area contributed by atoms with Crippen LogP contribution in [0.3, 0.4) is 0 Å². The first-order valence-electron chi connectivity index (χ1n) is 11.2. The SMILES string of the molecule is O=C(NCCOc1cccc2ccccc12)c1cccc(NC(=O)C2Cc3ccccc3O2)c1. The number of rotatable bonds is 7. The molecule has 0 saturated carbocycles. The Morgan fingerprint density at radius 2 is 1.71 bits per heavy atom. The number of nitrogens with one attached hydrogen (secondary N) is 2. The Bertz CT molecular complexity index is 1320. The molecule has 0 saturated heterocycles. The van der Waals surface area contributed by atoms with Gasteiger partial charge in [-0.3, -0.25) is 9.59 Å². The van der Waals surface area contributed by atoms with Crippen LogP contribution >= 0.6 is 0 Å². The summed E-state index contributed by atoms with van der Waals surface area (Å²) in [6, 6.07) is 28.4. The Kier molecular flexibility index (Phi) is 6.12. The van der Waals surface area contributed by atoms with E-state index < -0.39 is 6.10 Å². The predicted molar refractivity (Wildman–Crippen MR) is 131 cm³/mol. The molecule has 1 heterocycles. The Morgan fingerprint density at radius 3 is 2.62 bits per heavy atom. The van der Waals surface area contributed by atoms with E-state index in [2.05, 4.69) is 10.6 Å². The van der Waals surface area contributed by atoms with E-state index >= 15 is 0 Å². The molecule has 4 aromatic carbocycles.